The summed E-state index contributed by atoms with van der Waals surface area (Å²) in [7, 11) is -5.38. The standard InChI is InChI=1S/C29H50O3Si.C28H50O3Si.C28H48O3Si.C2H6O/c1-18-13-15-28(7)20-14-16-29(8)19(11-12-22(29)32-33(9,10)26(2,3)4)23(20)25-24(21(28)17-18)30-27(5,6)31-25;2*1-25(2,3)32(8,9)31-21-14-13-18-22-19(15-17-28(18,21)7)27(6)16-11-10-12-20(27)23-24(22)30-26(4,5)29-23;1-2-3/h17,19-25H,11-16H2,1-10H3;18-24H,10-17H2,1-9H3;10,12,18-24H,11,13-17H2,1-9H3;3H,2H2,1H3/t19?,20?,21?,22?,23?,24?,25?,28-,29+;2*18?,19?,20?,21?,22?,23?,24?,27-,28+;/m111./s1. The Morgan fingerprint density at radius 2 is 0.720 bits per heavy atom. The molecule has 10 saturated carbocycles. The summed E-state index contributed by atoms with van der Waals surface area (Å²) in [5.41, 5.74) is 3.46. The van der Waals surface area contributed by atoms with E-state index >= 15 is 0 Å². The van der Waals surface area contributed by atoms with Crippen molar-refractivity contribution in [3.8, 4) is 0 Å². The van der Waals surface area contributed by atoms with Crippen LogP contribution in [0.1, 0.15) is 288 Å². The molecule has 1 N–H and O–H groups in total. The Labute approximate surface area is 616 Å². The van der Waals surface area contributed by atoms with Crippen LogP contribution in [-0.4, -0.2) is 109 Å². The van der Waals surface area contributed by atoms with Crippen LogP contribution in [0.5, 0.6) is 0 Å². The van der Waals surface area contributed by atoms with E-state index in [-0.39, 0.29) is 68.5 Å². The molecule has 27 atom stereocenters. The van der Waals surface area contributed by atoms with Gasteiger partial charge in [0.15, 0.2) is 42.3 Å². The molecule has 100 heavy (non-hydrogen) atoms. The van der Waals surface area contributed by atoms with E-state index in [1.54, 1.807) is 12.5 Å². The fourth-order valence-corrected chi connectivity index (χ4v) is 30.3. The van der Waals surface area contributed by atoms with Crippen molar-refractivity contribution in [1.82, 2.24) is 0 Å². The lowest BCUT2D eigenvalue weighted by molar-refractivity contribution is -0.182. The maximum Gasteiger partial charge on any atom is 0.192 e. The van der Waals surface area contributed by atoms with Crippen LogP contribution in [0.4, 0.5) is 0 Å². The maximum absolute atomic E-state index is 7.57. The SMILES string of the molecule is CC1(C)OC2C(O1)C1C=CCC[C@]1(C)C1CC[C@]3(C)C(O[Si](C)(C)C(C)(C)C)CCC3C21.CC1(C)OC2C(O1)C1CCCC[C@]1(C)C1CC[C@]3(C)C(O[Si](C)(C)C(C)(C)C)CCC3C21.CC1=CC2C3OC(C)(C)OC3C3C(CC[C@]4(C)C(O[Si](C)(C)C(C)(C)C)CCC34)[C@@]2(C)CC1.CCO. The fourth-order valence-electron chi connectivity index (χ4n) is 26.0. The van der Waals surface area contributed by atoms with Gasteiger partial charge in [-0.2, -0.15) is 0 Å². The first-order valence-corrected chi connectivity index (χ1v) is 50.7. The lowest BCUT2D eigenvalue weighted by Crippen LogP contribution is -2.63. The third kappa shape index (κ3) is 13.2. The van der Waals surface area contributed by atoms with Gasteiger partial charge in [-0.3, -0.25) is 0 Å². The van der Waals surface area contributed by atoms with Gasteiger partial charge in [-0.05, 0) is 317 Å². The topological polar surface area (TPSA) is 103 Å². The first-order valence-electron chi connectivity index (χ1n) is 42.0. The smallest absolute Gasteiger partial charge is 0.192 e. The number of fused-ring (bicyclic) bond motifs is 24. The van der Waals surface area contributed by atoms with Gasteiger partial charge in [-0.1, -0.05) is 140 Å². The van der Waals surface area contributed by atoms with Gasteiger partial charge in [0.25, 0.3) is 0 Å². The van der Waals surface area contributed by atoms with Crippen molar-refractivity contribution < 1.29 is 46.8 Å². The monoisotopic (exact) mass is 1440 g/mol. The molecule has 21 unspecified atom stereocenters. The lowest BCUT2D eigenvalue weighted by atomic mass is 9.44. The van der Waals surface area contributed by atoms with E-state index in [0.717, 1.165) is 17.8 Å². The molecule has 0 aromatic carbocycles. The summed E-state index contributed by atoms with van der Waals surface area (Å²) in [6, 6.07) is 0. The molecular formula is C87H154O10Si3. The average Bonchev–Trinajstić information content (AvgIpc) is 1.45. The van der Waals surface area contributed by atoms with Crippen molar-refractivity contribution in [3.63, 3.8) is 0 Å². The van der Waals surface area contributed by atoms with E-state index in [9.17, 15) is 0 Å². The minimum Gasteiger partial charge on any atom is -0.413 e. The second kappa shape index (κ2) is 26.5. The van der Waals surface area contributed by atoms with Crippen LogP contribution < -0.4 is 0 Å². The van der Waals surface area contributed by atoms with Gasteiger partial charge in [-0.25, -0.2) is 0 Å². The second-order valence-electron chi connectivity index (χ2n) is 44.2. The van der Waals surface area contributed by atoms with Crippen molar-refractivity contribution in [2.24, 2.45) is 104 Å². The van der Waals surface area contributed by atoms with Crippen LogP contribution in [0.3, 0.4) is 0 Å². The number of hydrogen-bond donors (Lipinski definition) is 1. The summed E-state index contributed by atoms with van der Waals surface area (Å²) >= 11 is 0. The maximum atomic E-state index is 7.57. The summed E-state index contributed by atoms with van der Waals surface area (Å²) in [4.78, 5) is 0. The summed E-state index contributed by atoms with van der Waals surface area (Å²) in [6.45, 7) is 68.7. The highest BCUT2D eigenvalue weighted by Gasteiger charge is 2.73. The van der Waals surface area contributed by atoms with E-state index in [1.807, 2.05) is 0 Å². The first-order chi connectivity index (χ1) is 45.9. The van der Waals surface area contributed by atoms with Crippen LogP contribution >= 0.6 is 0 Å². The van der Waals surface area contributed by atoms with Crippen molar-refractivity contribution >= 4 is 25.0 Å². The van der Waals surface area contributed by atoms with E-state index in [2.05, 4.69) is 210 Å². The van der Waals surface area contributed by atoms with Gasteiger partial charge in [0.05, 0.1) is 54.9 Å². The molecule has 0 spiro atoms. The molecule has 0 bridgehead atoms. The molecule has 13 fully saturated rings. The molecule has 13 heteroatoms. The van der Waals surface area contributed by atoms with Gasteiger partial charge in [0.2, 0.25) is 0 Å². The number of allylic oxidation sites excluding steroid dienone is 2. The van der Waals surface area contributed by atoms with Gasteiger partial charge < -0.3 is 46.8 Å². The highest BCUT2D eigenvalue weighted by atomic mass is 28.4. The predicted octanol–water partition coefficient (Wildman–Crippen LogP) is 22.6. The molecule has 0 aromatic rings. The minimum absolute atomic E-state index is 0.198. The summed E-state index contributed by atoms with van der Waals surface area (Å²) in [5.74, 6) is 6.43. The number of aliphatic hydroxyl groups is 1. The fraction of sp³-hybridized carbons (Fsp3) is 0.954. The van der Waals surface area contributed by atoms with Crippen LogP contribution in [0.25, 0.3) is 0 Å². The Bertz CT molecular complexity index is 2990. The van der Waals surface area contributed by atoms with Crippen molar-refractivity contribution in [2.75, 3.05) is 6.61 Å². The van der Waals surface area contributed by atoms with Gasteiger partial charge >= 0.3 is 0 Å². The number of aliphatic hydroxyl groups excluding tert-OH is 1. The molecule has 15 rings (SSSR count). The normalized spacial score (nSPS) is 48.4. The first kappa shape index (κ1) is 79.3. The number of rotatable bonds is 6. The zero-order chi connectivity index (χ0) is 73.5. The molecular weight excluding hydrogens is 1290 g/mol. The third-order valence-electron chi connectivity index (χ3n) is 34.3. The van der Waals surface area contributed by atoms with E-state index in [0.29, 0.717) is 93.9 Å². The van der Waals surface area contributed by atoms with Gasteiger partial charge in [-0.15, -0.1) is 0 Å². The quantitative estimate of drug-likeness (QED) is 0.204. The van der Waals surface area contributed by atoms with Crippen LogP contribution in [0.2, 0.25) is 54.4 Å². The molecule has 10 nitrogen and oxygen atoms in total. The molecule has 574 valence electrons. The van der Waals surface area contributed by atoms with Gasteiger partial charge in [0, 0.05) is 18.4 Å². The third-order valence-corrected chi connectivity index (χ3v) is 47.8. The molecule has 0 radical (unpaired) electrons. The Hall–Kier alpha value is -0.269. The van der Waals surface area contributed by atoms with Crippen molar-refractivity contribution in [2.45, 2.75) is 414 Å². The molecule has 3 aliphatic heterocycles. The van der Waals surface area contributed by atoms with Crippen molar-refractivity contribution in [3.05, 3.63) is 23.8 Å². The average molecular weight is 1440 g/mol. The van der Waals surface area contributed by atoms with Gasteiger partial charge in [0.1, 0.15) is 0 Å². The van der Waals surface area contributed by atoms with Crippen molar-refractivity contribution in [1.29, 1.82) is 0 Å². The van der Waals surface area contributed by atoms with E-state index < -0.39 is 42.3 Å². The Kier molecular flexibility index (Phi) is 21.0. The zero-order valence-electron chi connectivity index (χ0n) is 69.8. The Morgan fingerprint density at radius 3 is 1.11 bits per heavy atom. The largest absolute Gasteiger partial charge is 0.413 e. The molecule has 12 aliphatic carbocycles. The summed E-state index contributed by atoms with van der Waals surface area (Å²) in [5, 5.41) is 8.36. The summed E-state index contributed by atoms with van der Waals surface area (Å²) < 4.78 is 62.0. The Morgan fingerprint density at radius 1 is 0.390 bits per heavy atom. The summed E-state index contributed by atoms with van der Waals surface area (Å²) in [6.07, 6.45) is 36.2. The lowest BCUT2D eigenvalue weighted by Gasteiger charge is -2.63. The van der Waals surface area contributed by atoms with E-state index in [4.69, 9.17) is 46.8 Å². The predicted molar refractivity (Wildman–Crippen MR) is 416 cm³/mol. The molecule has 3 saturated heterocycles. The molecule has 3 heterocycles. The van der Waals surface area contributed by atoms with Crippen LogP contribution in [-0.2, 0) is 41.7 Å². The minimum atomic E-state index is -1.80. The highest BCUT2D eigenvalue weighted by Crippen LogP contribution is 2.73. The van der Waals surface area contributed by atoms with Crippen LogP contribution in [0, 0.1) is 104 Å². The Balaban J connectivity index is 0.000000139. The second-order valence-corrected chi connectivity index (χ2v) is 58.5. The molecule has 0 amide bonds. The molecule has 0 aromatic heterocycles. The molecule has 15 aliphatic rings. The zero-order valence-corrected chi connectivity index (χ0v) is 72.8. The van der Waals surface area contributed by atoms with Crippen LogP contribution in [0.15, 0.2) is 23.8 Å². The number of hydrogen-bond acceptors (Lipinski definition) is 10. The number of ether oxygens (including phenoxy) is 6. The van der Waals surface area contributed by atoms with E-state index in [1.165, 1.54) is 128 Å². The highest BCUT2D eigenvalue weighted by molar-refractivity contribution is 6.75.